The molecule has 0 radical (unpaired) electrons. The molecule has 0 aliphatic heterocycles. The van der Waals surface area contributed by atoms with Crippen LogP contribution in [0.1, 0.15) is 26.7 Å². The van der Waals surface area contributed by atoms with Gasteiger partial charge in [0.1, 0.15) is 6.07 Å². The van der Waals surface area contributed by atoms with Crippen molar-refractivity contribution in [2.75, 3.05) is 5.32 Å². The lowest BCUT2D eigenvalue weighted by Crippen LogP contribution is -2.14. The van der Waals surface area contributed by atoms with Crippen molar-refractivity contribution in [1.82, 2.24) is 0 Å². The predicted molar refractivity (Wildman–Crippen MR) is 65.6 cm³/mol. The standard InChI is InChI=1S/C9H13N3O4S/c1-3-4-6(2)10-9-7(11(13)14)5-8(17-9)12(15)16/h5-6,10H,3-4H2,1-2H3. The first-order valence-electron chi connectivity index (χ1n) is 5.14. The van der Waals surface area contributed by atoms with E-state index in [9.17, 15) is 20.2 Å². The Balaban J connectivity index is 2.96. The summed E-state index contributed by atoms with van der Waals surface area (Å²) < 4.78 is 0. The normalized spacial score (nSPS) is 12.1. The highest BCUT2D eigenvalue weighted by Crippen LogP contribution is 2.39. The Hall–Kier alpha value is -1.70. The third kappa shape index (κ3) is 3.38. The van der Waals surface area contributed by atoms with Crippen LogP contribution < -0.4 is 5.32 Å². The number of anilines is 1. The maximum Gasteiger partial charge on any atom is 0.333 e. The van der Waals surface area contributed by atoms with Crippen LogP contribution in [0.3, 0.4) is 0 Å². The van der Waals surface area contributed by atoms with Gasteiger partial charge < -0.3 is 5.32 Å². The smallest absolute Gasteiger partial charge is 0.333 e. The Kier molecular flexibility index (Phi) is 4.38. The molecule has 0 bridgehead atoms. The van der Waals surface area contributed by atoms with E-state index in [-0.39, 0.29) is 21.7 Å². The zero-order valence-electron chi connectivity index (χ0n) is 9.50. The summed E-state index contributed by atoms with van der Waals surface area (Å²) in [6, 6.07) is 1.04. The molecule has 8 heteroatoms. The molecule has 1 heterocycles. The lowest BCUT2D eigenvalue weighted by Gasteiger charge is -2.11. The molecule has 17 heavy (non-hydrogen) atoms. The molecule has 1 rings (SSSR count). The predicted octanol–water partition coefficient (Wildman–Crippen LogP) is 3.17. The van der Waals surface area contributed by atoms with E-state index in [0.29, 0.717) is 0 Å². The summed E-state index contributed by atoms with van der Waals surface area (Å²) in [7, 11) is 0. The van der Waals surface area contributed by atoms with Gasteiger partial charge in [0.15, 0.2) is 5.00 Å². The molecular weight excluding hydrogens is 246 g/mol. The number of nitrogens with zero attached hydrogens (tertiary/aromatic N) is 2. The highest BCUT2D eigenvalue weighted by molar-refractivity contribution is 7.19. The highest BCUT2D eigenvalue weighted by Gasteiger charge is 2.25. The first-order valence-corrected chi connectivity index (χ1v) is 5.96. The van der Waals surface area contributed by atoms with Crippen molar-refractivity contribution in [1.29, 1.82) is 0 Å². The van der Waals surface area contributed by atoms with Crippen molar-refractivity contribution in [3.05, 3.63) is 26.3 Å². The molecule has 1 aromatic heterocycles. The summed E-state index contributed by atoms with van der Waals surface area (Å²) in [6.45, 7) is 3.89. The van der Waals surface area contributed by atoms with E-state index < -0.39 is 9.85 Å². The molecule has 1 atom stereocenters. The zero-order chi connectivity index (χ0) is 13.0. The van der Waals surface area contributed by atoms with Crippen LogP contribution >= 0.6 is 11.3 Å². The van der Waals surface area contributed by atoms with Crippen LogP contribution in [0.5, 0.6) is 0 Å². The molecule has 0 saturated carbocycles. The molecule has 0 saturated heterocycles. The van der Waals surface area contributed by atoms with E-state index in [4.69, 9.17) is 0 Å². The van der Waals surface area contributed by atoms with E-state index in [1.807, 2.05) is 13.8 Å². The van der Waals surface area contributed by atoms with Crippen molar-refractivity contribution in [3.8, 4) is 0 Å². The van der Waals surface area contributed by atoms with Gasteiger partial charge in [-0.05, 0) is 24.7 Å². The molecule has 0 fully saturated rings. The Labute approximate surface area is 102 Å². The van der Waals surface area contributed by atoms with Crippen molar-refractivity contribution in [2.45, 2.75) is 32.7 Å². The maximum absolute atomic E-state index is 10.7. The van der Waals surface area contributed by atoms with E-state index in [1.54, 1.807) is 0 Å². The van der Waals surface area contributed by atoms with Gasteiger partial charge in [0.2, 0.25) is 0 Å². The van der Waals surface area contributed by atoms with Crippen molar-refractivity contribution in [2.24, 2.45) is 0 Å². The van der Waals surface area contributed by atoms with Crippen LogP contribution in [0, 0.1) is 20.2 Å². The second-order valence-corrected chi connectivity index (χ2v) is 4.68. The number of thiophene rings is 1. The van der Waals surface area contributed by atoms with Gasteiger partial charge >= 0.3 is 10.7 Å². The molecule has 1 N–H and O–H groups in total. The molecule has 0 amide bonds. The fraction of sp³-hybridized carbons (Fsp3) is 0.556. The summed E-state index contributed by atoms with van der Waals surface area (Å²) in [4.78, 5) is 20.1. The van der Waals surface area contributed by atoms with Crippen LogP contribution in [-0.2, 0) is 0 Å². The van der Waals surface area contributed by atoms with Crippen molar-refractivity contribution < 1.29 is 9.85 Å². The minimum Gasteiger partial charge on any atom is -0.369 e. The first-order chi connectivity index (χ1) is 7.95. The Morgan fingerprint density at radius 2 is 2.06 bits per heavy atom. The summed E-state index contributed by atoms with van der Waals surface area (Å²) in [5, 5.41) is 24.3. The third-order valence-electron chi connectivity index (χ3n) is 2.18. The largest absolute Gasteiger partial charge is 0.369 e. The molecule has 0 aliphatic rings. The summed E-state index contributed by atoms with van der Waals surface area (Å²) in [5.41, 5.74) is -0.232. The van der Waals surface area contributed by atoms with Gasteiger partial charge in [-0.3, -0.25) is 20.2 Å². The molecular formula is C9H13N3O4S. The molecule has 7 nitrogen and oxygen atoms in total. The maximum atomic E-state index is 10.7. The highest BCUT2D eigenvalue weighted by atomic mass is 32.1. The Morgan fingerprint density at radius 1 is 1.41 bits per heavy atom. The van der Waals surface area contributed by atoms with E-state index in [2.05, 4.69) is 5.32 Å². The van der Waals surface area contributed by atoms with Crippen LogP contribution in [0.15, 0.2) is 6.07 Å². The topological polar surface area (TPSA) is 98.3 Å². The van der Waals surface area contributed by atoms with Gasteiger partial charge in [0.25, 0.3) is 0 Å². The number of hydrogen-bond donors (Lipinski definition) is 1. The van der Waals surface area contributed by atoms with E-state index in [0.717, 1.165) is 30.2 Å². The summed E-state index contributed by atoms with van der Waals surface area (Å²) in [5.74, 6) is 0. The van der Waals surface area contributed by atoms with Gasteiger partial charge in [-0.25, -0.2) is 0 Å². The van der Waals surface area contributed by atoms with Gasteiger partial charge in [0.05, 0.1) is 9.85 Å². The monoisotopic (exact) mass is 259 g/mol. The average molecular weight is 259 g/mol. The number of nitro groups is 2. The summed E-state index contributed by atoms with van der Waals surface area (Å²) >= 11 is 0.798. The van der Waals surface area contributed by atoms with E-state index >= 15 is 0 Å². The molecule has 1 unspecified atom stereocenters. The molecule has 1 aromatic rings. The fourth-order valence-electron chi connectivity index (χ4n) is 1.43. The van der Waals surface area contributed by atoms with Crippen LogP contribution in [-0.4, -0.2) is 15.9 Å². The van der Waals surface area contributed by atoms with Crippen molar-refractivity contribution in [3.63, 3.8) is 0 Å². The van der Waals surface area contributed by atoms with Gasteiger partial charge in [-0.1, -0.05) is 13.3 Å². The van der Waals surface area contributed by atoms with E-state index in [1.165, 1.54) is 0 Å². The SMILES string of the molecule is CCCC(C)Nc1sc([N+](=O)[O-])cc1[N+](=O)[O-]. The van der Waals surface area contributed by atoms with Crippen LogP contribution in [0.25, 0.3) is 0 Å². The lowest BCUT2D eigenvalue weighted by atomic mass is 10.2. The Morgan fingerprint density at radius 3 is 2.53 bits per heavy atom. The average Bonchev–Trinajstić information content (AvgIpc) is 2.62. The van der Waals surface area contributed by atoms with Gasteiger partial charge in [0, 0.05) is 6.04 Å². The van der Waals surface area contributed by atoms with Gasteiger partial charge in [-0.15, -0.1) is 0 Å². The Bertz CT molecular complexity index is 432. The molecule has 0 aliphatic carbocycles. The van der Waals surface area contributed by atoms with Crippen LogP contribution in [0.2, 0.25) is 0 Å². The first kappa shape index (κ1) is 13.4. The van der Waals surface area contributed by atoms with Crippen molar-refractivity contribution >= 4 is 27.0 Å². The molecule has 0 spiro atoms. The zero-order valence-corrected chi connectivity index (χ0v) is 10.3. The minimum atomic E-state index is -0.618. The fourth-order valence-corrected chi connectivity index (χ4v) is 2.38. The third-order valence-corrected chi connectivity index (χ3v) is 3.18. The van der Waals surface area contributed by atoms with Gasteiger partial charge in [-0.2, -0.15) is 0 Å². The lowest BCUT2D eigenvalue weighted by molar-refractivity contribution is -0.389. The quantitative estimate of drug-likeness (QED) is 0.625. The second kappa shape index (κ2) is 5.58. The minimum absolute atomic E-state index is 0.0527. The molecule has 0 aromatic carbocycles. The number of hydrogen-bond acceptors (Lipinski definition) is 6. The second-order valence-electron chi connectivity index (χ2n) is 3.65. The number of rotatable bonds is 6. The summed E-state index contributed by atoms with van der Waals surface area (Å²) in [6.07, 6.45) is 1.79. The molecule has 94 valence electrons. The number of nitrogens with one attached hydrogen (secondary N) is 1. The van der Waals surface area contributed by atoms with Crippen LogP contribution in [0.4, 0.5) is 15.7 Å².